The zero-order valence-electron chi connectivity index (χ0n) is 12.0. The van der Waals surface area contributed by atoms with Crippen LogP contribution in [-0.2, 0) is 17.5 Å². The minimum Gasteiger partial charge on any atom is -0.472 e. The predicted octanol–water partition coefficient (Wildman–Crippen LogP) is 3.50. The molecular weight excluding hydrogens is 333 g/mol. The van der Waals surface area contributed by atoms with Crippen LogP contribution in [0.3, 0.4) is 0 Å². The van der Waals surface area contributed by atoms with E-state index >= 15 is 0 Å². The van der Waals surface area contributed by atoms with E-state index in [-0.39, 0.29) is 28.1 Å². The first-order valence-electron chi connectivity index (χ1n) is 6.54. The highest BCUT2D eigenvalue weighted by atomic mass is 32.1. The molecule has 0 atom stereocenters. The number of esters is 1. The molecule has 0 saturated heterocycles. The second-order valence-corrected chi connectivity index (χ2v) is 5.38. The number of thiazole rings is 1. The van der Waals surface area contributed by atoms with Gasteiger partial charge in [0, 0.05) is 5.56 Å². The van der Waals surface area contributed by atoms with Gasteiger partial charge < -0.3 is 15.2 Å². The minimum atomic E-state index is -4.50. The van der Waals surface area contributed by atoms with Crippen LogP contribution in [0.1, 0.15) is 27.7 Å². The number of carbonyl (C=O) groups is 1. The molecule has 9 heteroatoms. The number of nitrogens with two attached hydrogens (primary N) is 1. The minimum absolute atomic E-state index is 0.0221. The molecule has 2 N–H and O–H groups in total. The van der Waals surface area contributed by atoms with Gasteiger partial charge in [-0.05, 0) is 13.0 Å². The smallest absolute Gasteiger partial charge is 0.416 e. The summed E-state index contributed by atoms with van der Waals surface area (Å²) in [7, 11) is 0. The molecule has 23 heavy (non-hydrogen) atoms. The van der Waals surface area contributed by atoms with Crippen molar-refractivity contribution in [3.8, 4) is 5.88 Å². The maximum absolute atomic E-state index is 12.9. The first kappa shape index (κ1) is 17.1. The lowest BCUT2D eigenvalue weighted by Gasteiger charge is -2.13. The normalized spacial score (nSPS) is 11.3. The Kier molecular flexibility index (Phi) is 5.09. The molecule has 0 spiro atoms. The van der Waals surface area contributed by atoms with Crippen LogP contribution in [0, 0.1) is 0 Å². The highest BCUT2D eigenvalue weighted by Gasteiger charge is 2.33. The number of carbonyl (C=O) groups excluding carboxylic acids is 1. The Bertz CT molecular complexity index is 701. The van der Waals surface area contributed by atoms with Gasteiger partial charge in [-0.15, -0.1) is 0 Å². The molecule has 0 bridgehead atoms. The molecule has 0 aliphatic heterocycles. The first-order valence-corrected chi connectivity index (χ1v) is 7.36. The Morgan fingerprint density at radius 2 is 2.04 bits per heavy atom. The van der Waals surface area contributed by atoms with Crippen molar-refractivity contribution < 1.29 is 27.4 Å². The van der Waals surface area contributed by atoms with E-state index in [9.17, 15) is 18.0 Å². The number of nitrogens with zero attached hydrogens (tertiary/aromatic N) is 1. The molecule has 124 valence electrons. The Morgan fingerprint density at radius 1 is 1.35 bits per heavy atom. The molecule has 1 aromatic carbocycles. The number of nitrogen functional groups attached to an aromatic ring is 1. The number of aromatic nitrogens is 1. The van der Waals surface area contributed by atoms with Gasteiger partial charge in [0.2, 0.25) is 5.88 Å². The van der Waals surface area contributed by atoms with Crippen molar-refractivity contribution in [3.63, 3.8) is 0 Å². The summed E-state index contributed by atoms with van der Waals surface area (Å²) in [5, 5.41) is 0.0622. The monoisotopic (exact) mass is 346 g/mol. The first-order chi connectivity index (χ1) is 10.8. The molecule has 2 aromatic rings. The summed E-state index contributed by atoms with van der Waals surface area (Å²) in [5.74, 6) is -0.816. The summed E-state index contributed by atoms with van der Waals surface area (Å²) in [6.07, 6.45) is -4.50. The summed E-state index contributed by atoms with van der Waals surface area (Å²) >= 11 is 0.852. The highest BCUT2D eigenvalue weighted by molar-refractivity contribution is 7.17. The van der Waals surface area contributed by atoms with Gasteiger partial charge >= 0.3 is 12.1 Å². The lowest BCUT2D eigenvalue weighted by atomic mass is 10.1. The maximum Gasteiger partial charge on any atom is 0.416 e. The lowest BCUT2D eigenvalue weighted by Crippen LogP contribution is -2.11. The fourth-order valence-corrected chi connectivity index (χ4v) is 2.49. The van der Waals surface area contributed by atoms with Gasteiger partial charge in [0.25, 0.3) is 0 Å². The quantitative estimate of drug-likeness (QED) is 0.839. The van der Waals surface area contributed by atoms with Crippen LogP contribution in [0.25, 0.3) is 0 Å². The number of hydrogen-bond acceptors (Lipinski definition) is 6. The van der Waals surface area contributed by atoms with E-state index in [0.717, 1.165) is 17.4 Å². The van der Waals surface area contributed by atoms with Gasteiger partial charge in [0.05, 0.1) is 12.2 Å². The third kappa shape index (κ3) is 4.13. The van der Waals surface area contributed by atoms with E-state index in [4.69, 9.17) is 15.2 Å². The van der Waals surface area contributed by atoms with Gasteiger partial charge in [-0.1, -0.05) is 29.5 Å². The van der Waals surface area contributed by atoms with Gasteiger partial charge in [0.1, 0.15) is 6.61 Å². The lowest BCUT2D eigenvalue weighted by molar-refractivity contribution is -0.138. The zero-order chi connectivity index (χ0) is 17.0. The van der Waals surface area contributed by atoms with E-state index in [2.05, 4.69) is 4.98 Å². The Morgan fingerprint density at radius 3 is 2.70 bits per heavy atom. The Hall–Kier alpha value is -2.29. The Balaban J connectivity index is 2.21. The van der Waals surface area contributed by atoms with Crippen LogP contribution >= 0.6 is 11.3 Å². The van der Waals surface area contributed by atoms with E-state index < -0.39 is 24.3 Å². The Labute approximate surface area is 133 Å². The van der Waals surface area contributed by atoms with Crippen molar-refractivity contribution in [2.45, 2.75) is 19.7 Å². The standard InChI is InChI=1S/C14H13F3N2O3S/c1-2-21-12(20)10-11(19-13(18)23-10)22-7-8-5-3-4-6-9(8)14(15,16)17/h3-6H,2,7H2,1H3,(H2,18,19). The number of rotatable bonds is 5. The second kappa shape index (κ2) is 6.86. The SMILES string of the molecule is CCOC(=O)c1sc(N)nc1OCc1ccccc1C(F)(F)F. The number of alkyl halides is 3. The fourth-order valence-electron chi connectivity index (χ4n) is 1.81. The second-order valence-electron chi connectivity index (χ2n) is 4.35. The topological polar surface area (TPSA) is 74.4 Å². The molecule has 0 unspecified atom stereocenters. The van der Waals surface area contributed by atoms with Gasteiger partial charge in [0.15, 0.2) is 10.0 Å². The third-order valence-corrected chi connectivity index (χ3v) is 3.61. The van der Waals surface area contributed by atoms with E-state index in [0.29, 0.717) is 0 Å². The highest BCUT2D eigenvalue weighted by Crippen LogP contribution is 2.33. The van der Waals surface area contributed by atoms with E-state index in [1.807, 2.05) is 0 Å². The van der Waals surface area contributed by atoms with Crippen molar-refractivity contribution in [1.82, 2.24) is 4.98 Å². The van der Waals surface area contributed by atoms with Crippen LogP contribution in [0.15, 0.2) is 24.3 Å². The fraction of sp³-hybridized carbons (Fsp3) is 0.286. The summed E-state index contributed by atoms with van der Waals surface area (Å²) in [6.45, 7) is 1.38. The molecule has 1 heterocycles. The molecular formula is C14H13F3N2O3S. The van der Waals surface area contributed by atoms with Crippen molar-refractivity contribution >= 4 is 22.4 Å². The molecule has 0 radical (unpaired) electrons. The number of hydrogen-bond donors (Lipinski definition) is 1. The summed E-state index contributed by atoms with van der Waals surface area (Å²) in [6, 6.07) is 5.01. The van der Waals surface area contributed by atoms with Crippen LogP contribution in [-0.4, -0.2) is 17.6 Å². The van der Waals surface area contributed by atoms with Crippen LogP contribution in [0.4, 0.5) is 18.3 Å². The number of halogens is 3. The maximum atomic E-state index is 12.9. The van der Waals surface area contributed by atoms with Crippen molar-refractivity contribution in [2.24, 2.45) is 0 Å². The molecule has 0 saturated carbocycles. The van der Waals surface area contributed by atoms with Gasteiger partial charge in [-0.25, -0.2) is 4.79 Å². The number of ether oxygens (including phenoxy) is 2. The number of benzene rings is 1. The molecule has 1 aromatic heterocycles. The van der Waals surface area contributed by atoms with E-state index in [1.165, 1.54) is 18.2 Å². The average molecular weight is 346 g/mol. The molecule has 0 aliphatic carbocycles. The summed E-state index contributed by atoms with van der Waals surface area (Å²) < 4.78 is 48.9. The summed E-state index contributed by atoms with van der Waals surface area (Å²) in [5.41, 5.74) is 4.65. The van der Waals surface area contributed by atoms with Gasteiger partial charge in [-0.3, -0.25) is 0 Å². The van der Waals surface area contributed by atoms with Crippen LogP contribution < -0.4 is 10.5 Å². The third-order valence-electron chi connectivity index (χ3n) is 2.76. The molecule has 0 amide bonds. The number of anilines is 1. The van der Waals surface area contributed by atoms with Crippen LogP contribution in [0.2, 0.25) is 0 Å². The van der Waals surface area contributed by atoms with Gasteiger partial charge in [-0.2, -0.15) is 18.2 Å². The zero-order valence-corrected chi connectivity index (χ0v) is 12.8. The van der Waals surface area contributed by atoms with Crippen molar-refractivity contribution in [1.29, 1.82) is 0 Å². The molecule has 0 fully saturated rings. The molecule has 2 rings (SSSR count). The molecule has 5 nitrogen and oxygen atoms in total. The van der Waals surface area contributed by atoms with Crippen LogP contribution in [0.5, 0.6) is 5.88 Å². The average Bonchev–Trinajstić information content (AvgIpc) is 2.86. The predicted molar refractivity (Wildman–Crippen MR) is 78.3 cm³/mol. The summed E-state index contributed by atoms with van der Waals surface area (Å²) in [4.78, 5) is 15.6. The van der Waals surface area contributed by atoms with Crippen molar-refractivity contribution in [2.75, 3.05) is 12.3 Å². The van der Waals surface area contributed by atoms with E-state index in [1.54, 1.807) is 6.92 Å². The molecule has 0 aliphatic rings. The largest absolute Gasteiger partial charge is 0.472 e. The van der Waals surface area contributed by atoms with Crippen molar-refractivity contribution in [3.05, 3.63) is 40.3 Å².